The van der Waals surface area contributed by atoms with Crippen LogP contribution in [0, 0.1) is 0 Å². The molecule has 2 unspecified atom stereocenters. The van der Waals surface area contributed by atoms with Gasteiger partial charge in [0.25, 0.3) is 0 Å². The van der Waals surface area contributed by atoms with E-state index in [1.54, 1.807) is 0 Å². The van der Waals surface area contributed by atoms with E-state index in [2.05, 4.69) is 22.6 Å². The monoisotopic (exact) mass is 241 g/mol. The van der Waals surface area contributed by atoms with Gasteiger partial charge in [0.15, 0.2) is 0 Å². The number of ether oxygens (including phenoxy) is 1. The van der Waals surface area contributed by atoms with E-state index in [9.17, 15) is 4.79 Å². The van der Waals surface area contributed by atoms with Gasteiger partial charge in [-0.15, -0.1) is 0 Å². The summed E-state index contributed by atoms with van der Waals surface area (Å²) in [4.78, 5) is 14.1. The van der Waals surface area contributed by atoms with Crippen LogP contribution in [0.2, 0.25) is 0 Å². The van der Waals surface area contributed by atoms with Gasteiger partial charge < -0.3 is 20.3 Å². The molecule has 0 radical (unpaired) electrons. The van der Waals surface area contributed by atoms with Crippen LogP contribution >= 0.6 is 0 Å². The Balaban J connectivity index is 1.63. The minimum absolute atomic E-state index is 0.0463. The first kappa shape index (κ1) is 12.8. The molecule has 0 aromatic heterocycles. The Hall–Kier alpha value is -0.650. The highest BCUT2D eigenvalue weighted by atomic mass is 16.5. The molecule has 0 saturated carbocycles. The number of likely N-dealkylation sites (tertiary alicyclic amines) is 1. The van der Waals surface area contributed by atoms with Crippen molar-refractivity contribution in [3.63, 3.8) is 0 Å². The van der Waals surface area contributed by atoms with Crippen LogP contribution in [-0.2, 0) is 9.53 Å². The molecule has 2 atom stereocenters. The Bertz CT molecular complexity index is 254. The number of carbonyl (C=O) groups excluding carboxylic acids is 1. The van der Waals surface area contributed by atoms with Crippen molar-refractivity contribution in [2.75, 3.05) is 39.8 Å². The zero-order valence-corrected chi connectivity index (χ0v) is 10.6. The number of rotatable bonds is 4. The topological polar surface area (TPSA) is 53.6 Å². The summed E-state index contributed by atoms with van der Waals surface area (Å²) in [7, 11) is 2.12. The second kappa shape index (κ2) is 6.33. The molecular formula is C12H23N3O2. The zero-order valence-electron chi connectivity index (χ0n) is 10.6. The Kier molecular flexibility index (Phi) is 4.76. The van der Waals surface area contributed by atoms with Crippen LogP contribution in [0.15, 0.2) is 0 Å². The third-order valence-electron chi connectivity index (χ3n) is 3.62. The van der Waals surface area contributed by atoms with Crippen molar-refractivity contribution in [3.8, 4) is 0 Å². The molecule has 2 heterocycles. The molecule has 0 aliphatic carbocycles. The fourth-order valence-electron chi connectivity index (χ4n) is 2.50. The van der Waals surface area contributed by atoms with Gasteiger partial charge in [0.05, 0.1) is 19.1 Å². The first-order valence-electron chi connectivity index (χ1n) is 6.55. The van der Waals surface area contributed by atoms with E-state index < -0.39 is 0 Å². The number of hydrogen-bond acceptors (Lipinski definition) is 4. The van der Waals surface area contributed by atoms with Crippen LogP contribution in [0.25, 0.3) is 0 Å². The summed E-state index contributed by atoms with van der Waals surface area (Å²) in [6, 6.07) is 0.518. The number of nitrogens with one attached hydrogen (secondary N) is 2. The molecule has 0 spiro atoms. The van der Waals surface area contributed by atoms with E-state index in [1.165, 1.54) is 12.8 Å². The van der Waals surface area contributed by atoms with Gasteiger partial charge in [0, 0.05) is 25.7 Å². The highest BCUT2D eigenvalue weighted by molar-refractivity contribution is 5.76. The fraction of sp³-hybridized carbons (Fsp3) is 0.917. The lowest BCUT2D eigenvalue weighted by Crippen LogP contribution is -2.43. The molecule has 0 aromatic rings. The van der Waals surface area contributed by atoms with Gasteiger partial charge in [-0.25, -0.2) is 0 Å². The smallest absolute Gasteiger partial charge is 0.222 e. The summed E-state index contributed by atoms with van der Waals surface area (Å²) in [5.41, 5.74) is 0. The van der Waals surface area contributed by atoms with E-state index in [4.69, 9.17) is 4.74 Å². The Labute approximate surface area is 103 Å². The van der Waals surface area contributed by atoms with Gasteiger partial charge in [-0.2, -0.15) is 0 Å². The Morgan fingerprint density at radius 1 is 1.59 bits per heavy atom. The largest absolute Gasteiger partial charge is 0.375 e. The molecule has 2 fully saturated rings. The number of hydrogen-bond donors (Lipinski definition) is 2. The molecule has 17 heavy (non-hydrogen) atoms. The molecule has 2 aliphatic rings. The second-order valence-corrected chi connectivity index (χ2v) is 4.98. The second-order valence-electron chi connectivity index (χ2n) is 4.98. The average Bonchev–Trinajstić information content (AvgIpc) is 2.74. The minimum atomic E-state index is 0.0463. The molecule has 5 heteroatoms. The van der Waals surface area contributed by atoms with Gasteiger partial charge in [-0.1, -0.05) is 0 Å². The third kappa shape index (κ3) is 3.94. The van der Waals surface area contributed by atoms with Crippen molar-refractivity contribution in [1.29, 1.82) is 0 Å². The van der Waals surface area contributed by atoms with Gasteiger partial charge in [0.2, 0.25) is 5.91 Å². The van der Waals surface area contributed by atoms with Crippen LogP contribution in [0.4, 0.5) is 0 Å². The SMILES string of the molecule is CN1CCCC1CNC(=O)CC1CNCCO1. The standard InChI is InChI=1S/C12H23N3O2/c1-15-5-2-3-10(15)8-14-12(16)7-11-9-13-4-6-17-11/h10-11,13H,2-9H2,1H3,(H,14,16). The van der Waals surface area contributed by atoms with Crippen molar-refractivity contribution in [1.82, 2.24) is 15.5 Å². The van der Waals surface area contributed by atoms with E-state index in [0.717, 1.165) is 26.2 Å². The van der Waals surface area contributed by atoms with E-state index >= 15 is 0 Å². The highest BCUT2D eigenvalue weighted by Crippen LogP contribution is 2.13. The lowest BCUT2D eigenvalue weighted by atomic mass is 10.2. The maximum absolute atomic E-state index is 11.7. The Morgan fingerprint density at radius 2 is 2.47 bits per heavy atom. The highest BCUT2D eigenvalue weighted by Gasteiger charge is 2.22. The van der Waals surface area contributed by atoms with Crippen LogP contribution in [0.1, 0.15) is 19.3 Å². The molecule has 2 rings (SSSR count). The van der Waals surface area contributed by atoms with Crippen LogP contribution in [-0.4, -0.2) is 62.8 Å². The number of nitrogens with zero attached hydrogens (tertiary/aromatic N) is 1. The summed E-state index contributed by atoms with van der Waals surface area (Å²) in [5, 5.41) is 6.25. The number of carbonyl (C=O) groups is 1. The normalized spacial score (nSPS) is 30.4. The minimum Gasteiger partial charge on any atom is -0.375 e. The fourth-order valence-corrected chi connectivity index (χ4v) is 2.50. The van der Waals surface area contributed by atoms with E-state index in [0.29, 0.717) is 19.1 Å². The molecule has 2 N–H and O–H groups in total. The molecular weight excluding hydrogens is 218 g/mol. The molecule has 98 valence electrons. The Morgan fingerprint density at radius 3 is 3.12 bits per heavy atom. The van der Waals surface area contributed by atoms with Crippen molar-refractivity contribution < 1.29 is 9.53 Å². The molecule has 0 aromatic carbocycles. The predicted molar refractivity (Wildman–Crippen MR) is 65.9 cm³/mol. The van der Waals surface area contributed by atoms with E-state index in [1.807, 2.05) is 0 Å². The van der Waals surface area contributed by atoms with Crippen molar-refractivity contribution in [2.45, 2.75) is 31.4 Å². The van der Waals surface area contributed by atoms with Gasteiger partial charge in [0.1, 0.15) is 0 Å². The summed E-state index contributed by atoms with van der Waals surface area (Å²) in [5.74, 6) is 0.110. The summed E-state index contributed by atoms with van der Waals surface area (Å²) >= 11 is 0. The maximum Gasteiger partial charge on any atom is 0.222 e. The lowest BCUT2D eigenvalue weighted by Gasteiger charge is -2.24. The van der Waals surface area contributed by atoms with Gasteiger partial charge >= 0.3 is 0 Å². The summed E-state index contributed by atoms with van der Waals surface area (Å²) < 4.78 is 5.51. The van der Waals surface area contributed by atoms with Crippen molar-refractivity contribution in [3.05, 3.63) is 0 Å². The molecule has 2 saturated heterocycles. The predicted octanol–water partition coefficient (Wildman–Crippen LogP) is -0.425. The molecule has 1 amide bonds. The average molecular weight is 241 g/mol. The molecule has 5 nitrogen and oxygen atoms in total. The third-order valence-corrected chi connectivity index (χ3v) is 3.62. The van der Waals surface area contributed by atoms with Crippen LogP contribution in [0.5, 0.6) is 0 Å². The zero-order chi connectivity index (χ0) is 12.1. The first-order valence-corrected chi connectivity index (χ1v) is 6.55. The van der Waals surface area contributed by atoms with E-state index in [-0.39, 0.29) is 12.0 Å². The van der Waals surface area contributed by atoms with Crippen LogP contribution < -0.4 is 10.6 Å². The summed E-state index contributed by atoms with van der Waals surface area (Å²) in [6.07, 6.45) is 2.96. The van der Waals surface area contributed by atoms with Gasteiger partial charge in [-0.05, 0) is 26.4 Å². The first-order chi connectivity index (χ1) is 8.25. The summed E-state index contributed by atoms with van der Waals surface area (Å²) in [6.45, 7) is 4.32. The number of morpholine rings is 1. The van der Waals surface area contributed by atoms with Gasteiger partial charge in [-0.3, -0.25) is 4.79 Å². The van der Waals surface area contributed by atoms with Crippen molar-refractivity contribution >= 4 is 5.91 Å². The molecule has 2 aliphatic heterocycles. The number of amides is 1. The quantitative estimate of drug-likeness (QED) is 0.701. The maximum atomic E-state index is 11.7. The molecule has 0 bridgehead atoms. The lowest BCUT2D eigenvalue weighted by molar-refractivity contribution is -0.124. The number of likely N-dealkylation sites (N-methyl/N-ethyl adjacent to an activating group) is 1. The van der Waals surface area contributed by atoms with Crippen LogP contribution in [0.3, 0.4) is 0 Å². The van der Waals surface area contributed by atoms with Crippen molar-refractivity contribution in [2.24, 2.45) is 0 Å².